The zero-order valence-electron chi connectivity index (χ0n) is 21.5. The maximum absolute atomic E-state index is 12.9. The Morgan fingerprint density at radius 3 is 1.91 bits per heavy atom. The molecule has 0 bridgehead atoms. The van der Waals surface area contributed by atoms with Gasteiger partial charge >= 0.3 is 6.03 Å². The molecule has 0 aliphatic heterocycles. The lowest BCUT2D eigenvalue weighted by Gasteiger charge is -2.26. The highest BCUT2D eigenvalue weighted by molar-refractivity contribution is 6.27. The number of primary amides is 1. The number of Topliss-reactive ketones (excluding diaryl/α,β-unsaturated/α-hetero) is 1. The number of nitrogens with two attached hydrogens (primary N) is 1. The molecule has 10 nitrogen and oxygen atoms in total. The predicted molar refractivity (Wildman–Crippen MR) is 134 cm³/mol. The second-order valence-electron chi connectivity index (χ2n) is 8.28. The standard InChI is InChI=1S/C21H38ClN5O5.C2H6/c1-13(2)18(27-16(28)9-5-6-10-24-17(29)12-22)20(31)26-15(19(30)14(3)4)8-7-11-25-21(23)32;1-2/h13-15,18H,5-12H2,1-4H3,(H,24,29)(H,26,31)(H,27,28)(H3,23,25,32);1-2H3/t15-,18?;/m0./s1. The van der Waals surface area contributed by atoms with Crippen molar-refractivity contribution in [2.75, 3.05) is 19.0 Å². The molecule has 11 heteroatoms. The van der Waals surface area contributed by atoms with Crippen LogP contribution in [0.4, 0.5) is 4.79 Å². The van der Waals surface area contributed by atoms with Gasteiger partial charge in [0.2, 0.25) is 17.7 Å². The molecule has 0 aromatic carbocycles. The Bertz CT molecular complexity index is 643. The van der Waals surface area contributed by atoms with Crippen LogP contribution in [0.15, 0.2) is 0 Å². The van der Waals surface area contributed by atoms with Gasteiger partial charge in [0.1, 0.15) is 11.9 Å². The molecule has 0 rings (SSSR count). The minimum atomic E-state index is -0.787. The number of alkyl halides is 1. The lowest BCUT2D eigenvalue weighted by atomic mass is 9.96. The molecule has 0 aliphatic carbocycles. The summed E-state index contributed by atoms with van der Waals surface area (Å²) >= 11 is 5.40. The molecule has 1 unspecified atom stereocenters. The monoisotopic (exact) mass is 505 g/mol. The summed E-state index contributed by atoms with van der Waals surface area (Å²) in [6, 6.07) is -2.16. The number of hydrogen-bond acceptors (Lipinski definition) is 5. The molecule has 0 aromatic rings. The van der Waals surface area contributed by atoms with Crippen molar-refractivity contribution in [1.29, 1.82) is 0 Å². The highest BCUT2D eigenvalue weighted by Gasteiger charge is 2.29. The van der Waals surface area contributed by atoms with Gasteiger partial charge in [0, 0.05) is 25.4 Å². The second-order valence-corrected chi connectivity index (χ2v) is 8.55. The predicted octanol–water partition coefficient (Wildman–Crippen LogP) is 1.84. The first-order valence-corrected chi connectivity index (χ1v) is 12.5. The van der Waals surface area contributed by atoms with Crippen molar-refractivity contribution in [3.8, 4) is 0 Å². The van der Waals surface area contributed by atoms with E-state index >= 15 is 0 Å². The van der Waals surface area contributed by atoms with Crippen LogP contribution >= 0.6 is 11.6 Å². The summed E-state index contributed by atoms with van der Waals surface area (Å²) < 4.78 is 0. The second kappa shape index (κ2) is 20.1. The number of rotatable bonds is 16. The molecule has 0 saturated heterocycles. The Morgan fingerprint density at radius 1 is 0.824 bits per heavy atom. The van der Waals surface area contributed by atoms with Crippen molar-refractivity contribution in [3.63, 3.8) is 0 Å². The number of carbonyl (C=O) groups is 5. The van der Waals surface area contributed by atoms with E-state index in [0.717, 1.165) is 0 Å². The molecular weight excluding hydrogens is 462 g/mol. The summed E-state index contributed by atoms with van der Waals surface area (Å²) in [7, 11) is 0. The van der Waals surface area contributed by atoms with E-state index in [1.807, 2.05) is 27.7 Å². The van der Waals surface area contributed by atoms with Gasteiger partial charge in [0.05, 0.1) is 6.04 Å². The third-order valence-electron chi connectivity index (χ3n) is 4.74. The van der Waals surface area contributed by atoms with Crippen molar-refractivity contribution >= 4 is 41.1 Å². The molecule has 0 aromatic heterocycles. The highest BCUT2D eigenvalue weighted by atomic mass is 35.5. The number of ketones is 1. The molecule has 0 spiro atoms. The fourth-order valence-corrected chi connectivity index (χ4v) is 3.03. The number of nitrogens with one attached hydrogen (secondary N) is 4. The van der Waals surface area contributed by atoms with Crippen LogP contribution in [0.2, 0.25) is 0 Å². The summed E-state index contributed by atoms with van der Waals surface area (Å²) in [6.45, 7) is 11.8. The van der Waals surface area contributed by atoms with E-state index in [-0.39, 0.29) is 41.7 Å². The van der Waals surface area contributed by atoms with Gasteiger partial charge in [-0.1, -0.05) is 41.5 Å². The first-order chi connectivity index (χ1) is 16.0. The lowest BCUT2D eigenvalue weighted by molar-refractivity contribution is -0.133. The zero-order chi connectivity index (χ0) is 26.7. The van der Waals surface area contributed by atoms with Crippen LogP contribution < -0.4 is 27.0 Å². The van der Waals surface area contributed by atoms with Gasteiger partial charge in [-0.05, 0) is 31.6 Å². The smallest absolute Gasteiger partial charge is 0.312 e. The first kappa shape index (κ1) is 33.8. The zero-order valence-corrected chi connectivity index (χ0v) is 22.2. The Morgan fingerprint density at radius 2 is 1.41 bits per heavy atom. The van der Waals surface area contributed by atoms with Crippen LogP contribution in [0.5, 0.6) is 0 Å². The molecule has 6 N–H and O–H groups in total. The molecule has 0 saturated carbocycles. The van der Waals surface area contributed by atoms with Crippen LogP contribution in [-0.4, -0.2) is 60.6 Å². The molecule has 34 heavy (non-hydrogen) atoms. The molecule has 0 fully saturated rings. The van der Waals surface area contributed by atoms with E-state index in [1.54, 1.807) is 13.8 Å². The molecule has 2 atom stereocenters. The molecule has 5 amide bonds. The van der Waals surface area contributed by atoms with Gasteiger partial charge in [-0.3, -0.25) is 19.2 Å². The Kier molecular flexibility index (Phi) is 19.9. The van der Waals surface area contributed by atoms with Gasteiger partial charge in [-0.2, -0.15) is 0 Å². The molecule has 198 valence electrons. The Hall–Kier alpha value is -2.36. The number of unbranched alkanes of at least 4 members (excludes halogenated alkanes) is 1. The maximum Gasteiger partial charge on any atom is 0.312 e. The topological polar surface area (TPSA) is 159 Å². The third kappa shape index (κ3) is 16.3. The van der Waals surface area contributed by atoms with E-state index < -0.39 is 24.0 Å². The van der Waals surface area contributed by atoms with Gasteiger partial charge in [0.25, 0.3) is 0 Å². The lowest BCUT2D eigenvalue weighted by Crippen LogP contribution is -2.54. The molecule has 0 radical (unpaired) electrons. The van der Waals surface area contributed by atoms with E-state index in [2.05, 4.69) is 21.3 Å². The molecular formula is C23H44ClN5O5. The maximum atomic E-state index is 12.9. The summed E-state index contributed by atoms with van der Waals surface area (Å²) in [5.41, 5.74) is 5.04. The first-order valence-electron chi connectivity index (χ1n) is 12.0. The fraction of sp³-hybridized carbons (Fsp3) is 0.783. The highest BCUT2D eigenvalue weighted by Crippen LogP contribution is 2.09. The van der Waals surface area contributed by atoms with Crippen molar-refractivity contribution < 1.29 is 24.0 Å². The molecule has 0 heterocycles. The number of carbonyl (C=O) groups excluding carboxylic acids is 5. The summed E-state index contributed by atoms with van der Waals surface area (Å²) in [5, 5.41) is 10.6. The van der Waals surface area contributed by atoms with E-state index in [1.165, 1.54) is 0 Å². The van der Waals surface area contributed by atoms with Gasteiger partial charge in [0.15, 0.2) is 5.78 Å². The summed E-state index contributed by atoms with van der Waals surface area (Å²) in [6.07, 6.45) is 2.17. The molecule has 0 aliphatic rings. The number of hydrogen-bond donors (Lipinski definition) is 5. The van der Waals surface area contributed by atoms with Crippen LogP contribution in [-0.2, 0) is 19.2 Å². The average Bonchev–Trinajstić information content (AvgIpc) is 2.79. The Balaban J connectivity index is 0. The normalized spacial score (nSPS) is 12.1. The third-order valence-corrected chi connectivity index (χ3v) is 4.98. The van der Waals surface area contributed by atoms with Crippen molar-refractivity contribution in [3.05, 3.63) is 0 Å². The Labute approximate surface area is 208 Å². The van der Waals surface area contributed by atoms with Gasteiger partial charge in [-0.25, -0.2) is 4.79 Å². The van der Waals surface area contributed by atoms with E-state index in [4.69, 9.17) is 17.3 Å². The van der Waals surface area contributed by atoms with Crippen molar-refractivity contribution in [2.45, 2.75) is 85.7 Å². The van der Waals surface area contributed by atoms with E-state index in [9.17, 15) is 24.0 Å². The summed E-state index contributed by atoms with van der Waals surface area (Å²) in [4.78, 5) is 59.6. The number of amides is 5. The minimum Gasteiger partial charge on any atom is -0.355 e. The van der Waals surface area contributed by atoms with Gasteiger partial charge in [-0.15, -0.1) is 11.6 Å². The van der Waals surface area contributed by atoms with E-state index in [0.29, 0.717) is 38.8 Å². The van der Waals surface area contributed by atoms with Crippen LogP contribution in [0, 0.1) is 11.8 Å². The van der Waals surface area contributed by atoms with Crippen molar-refractivity contribution in [2.24, 2.45) is 17.6 Å². The van der Waals surface area contributed by atoms with Crippen LogP contribution in [0.1, 0.15) is 73.6 Å². The number of urea groups is 1. The van der Waals surface area contributed by atoms with Crippen molar-refractivity contribution in [1.82, 2.24) is 21.3 Å². The minimum absolute atomic E-state index is 0.104. The fourth-order valence-electron chi connectivity index (χ4n) is 2.93. The van der Waals surface area contributed by atoms with Crippen LogP contribution in [0.25, 0.3) is 0 Å². The van der Waals surface area contributed by atoms with Crippen LogP contribution in [0.3, 0.4) is 0 Å². The largest absolute Gasteiger partial charge is 0.355 e. The SMILES string of the molecule is CC.CC(C)C(=O)[C@H](CCCNC(N)=O)NC(=O)C(NC(=O)CCCCNC(=O)CCl)C(C)C. The average molecular weight is 506 g/mol. The summed E-state index contributed by atoms with van der Waals surface area (Å²) in [5.74, 6) is -1.66. The quantitative estimate of drug-likeness (QED) is 0.159. The number of halogens is 1. The van der Waals surface area contributed by atoms with Gasteiger partial charge < -0.3 is 27.0 Å².